The number of amides is 1. The SMILES string of the molecule is CNC(=O)C1CCN(c2cc(NCc3ccc(C)cc3)nc3ccccc23)CC1. The highest BCUT2D eigenvalue weighted by molar-refractivity contribution is 5.93. The zero-order chi connectivity index (χ0) is 20.2. The van der Waals surface area contributed by atoms with E-state index >= 15 is 0 Å². The molecule has 150 valence electrons. The lowest BCUT2D eigenvalue weighted by Crippen LogP contribution is -2.39. The van der Waals surface area contributed by atoms with Crippen LogP contribution in [0.4, 0.5) is 11.5 Å². The number of carbonyl (C=O) groups is 1. The molecule has 29 heavy (non-hydrogen) atoms. The summed E-state index contributed by atoms with van der Waals surface area (Å²) in [6, 6.07) is 19.0. The van der Waals surface area contributed by atoms with Crippen LogP contribution in [-0.4, -0.2) is 31.0 Å². The number of aryl methyl sites for hydroxylation is 1. The maximum Gasteiger partial charge on any atom is 0.222 e. The fourth-order valence-corrected chi connectivity index (χ4v) is 3.99. The van der Waals surface area contributed by atoms with Crippen molar-refractivity contribution in [3.05, 3.63) is 65.7 Å². The number of piperidine rings is 1. The summed E-state index contributed by atoms with van der Waals surface area (Å²) in [6.45, 7) is 4.60. The van der Waals surface area contributed by atoms with Crippen LogP contribution in [0, 0.1) is 12.8 Å². The minimum absolute atomic E-state index is 0.114. The minimum atomic E-state index is 0.114. The molecule has 1 fully saturated rings. The van der Waals surface area contributed by atoms with Crippen LogP contribution in [0.25, 0.3) is 10.9 Å². The van der Waals surface area contributed by atoms with E-state index in [-0.39, 0.29) is 11.8 Å². The predicted molar refractivity (Wildman–Crippen MR) is 119 cm³/mol. The number of fused-ring (bicyclic) bond motifs is 1. The van der Waals surface area contributed by atoms with Crippen LogP contribution in [0.2, 0.25) is 0 Å². The molecule has 1 saturated heterocycles. The molecule has 0 bridgehead atoms. The predicted octanol–water partition coefficient (Wildman–Crippen LogP) is 4.12. The smallest absolute Gasteiger partial charge is 0.222 e. The number of aromatic nitrogens is 1. The Kier molecular flexibility index (Phi) is 5.65. The summed E-state index contributed by atoms with van der Waals surface area (Å²) >= 11 is 0. The Bertz CT molecular complexity index is 991. The quantitative estimate of drug-likeness (QED) is 0.690. The van der Waals surface area contributed by atoms with Gasteiger partial charge in [0.1, 0.15) is 5.82 Å². The Morgan fingerprint density at radius 3 is 2.55 bits per heavy atom. The number of hydrogen-bond acceptors (Lipinski definition) is 4. The average Bonchev–Trinajstić information content (AvgIpc) is 2.77. The number of nitrogens with one attached hydrogen (secondary N) is 2. The van der Waals surface area contributed by atoms with E-state index in [2.05, 4.69) is 71.0 Å². The number of para-hydroxylation sites is 1. The Morgan fingerprint density at radius 2 is 1.83 bits per heavy atom. The van der Waals surface area contributed by atoms with Gasteiger partial charge in [-0.15, -0.1) is 0 Å². The molecule has 2 aromatic carbocycles. The molecule has 0 atom stereocenters. The first kappa shape index (κ1) is 19.2. The second-order valence-corrected chi connectivity index (χ2v) is 7.76. The molecule has 4 rings (SSSR count). The summed E-state index contributed by atoms with van der Waals surface area (Å²) in [5.41, 5.74) is 4.68. The highest BCUT2D eigenvalue weighted by Gasteiger charge is 2.25. The molecule has 5 heteroatoms. The van der Waals surface area contributed by atoms with Crippen molar-refractivity contribution in [1.29, 1.82) is 0 Å². The second kappa shape index (κ2) is 8.52. The van der Waals surface area contributed by atoms with Gasteiger partial charge >= 0.3 is 0 Å². The molecule has 1 aromatic heterocycles. The number of rotatable bonds is 5. The summed E-state index contributed by atoms with van der Waals surface area (Å²) < 4.78 is 0. The van der Waals surface area contributed by atoms with Gasteiger partial charge in [0.2, 0.25) is 5.91 Å². The van der Waals surface area contributed by atoms with E-state index in [1.54, 1.807) is 7.05 Å². The molecule has 0 saturated carbocycles. The van der Waals surface area contributed by atoms with Gasteiger partial charge in [-0.3, -0.25) is 4.79 Å². The fraction of sp³-hybridized carbons (Fsp3) is 0.333. The van der Waals surface area contributed by atoms with Crippen LogP contribution in [0.3, 0.4) is 0 Å². The fourth-order valence-electron chi connectivity index (χ4n) is 3.99. The van der Waals surface area contributed by atoms with Crippen molar-refractivity contribution in [3.63, 3.8) is 0 Å². The van der Waals surface area contributed by atoms with E-state index in [0.717, 1.165) is 49.2 Å². The molecule has 0 aliphatic carbocycles. The molecular weight excluding hydrogens is 360 g/mol. The Balaban J connectivity index is 1.56. The number of pyridine rings is 1. The summed E-state index contributed by atoms with van der Waals surface area (Å²) in [6.07, 6.45) is 1.75. The zero-order valence-corrected chi connectivity index (χ0v) is 17.1. The molecule has 1 amide bonds. The third-order valence-corrected chi connectivity index (χ3v) is 5.74. The molecule has 0 unspecified atom stereocenters. The maximum absolute atomic E-state index is 12.0. The Labute approximate surface area is 172 Å². The topological polar surface area (TPSA) is 57.3 Å². The second-order valence-electron chi connectivity index (χ2n) is 7.76. The van der Waals surface area contributed by atoms with E-state index < -0.39 is 0 Å². The standard InChI is InChI=1S/C24H28N4O/c1-17-7-9-18(10-8-17)16-26-23-15-22(20-5-3-4-6-21(20)27-23)28-13-11-19(12-14-28)24(29)25-2/h3-10,15,19H,11-14,16H2,1-2H3,(H,25,29)(H,26,27). The van der Waals surface area contributed by atoms with Crippen LogP contribution in [0.5, 0.6) is 0 Å². The zero-order valence-electron chi connectivity index (χ0n) is 17.1. The summed E-state index contributed by atoms with van der Waals surface area (Å²) in [4.78, 5) is 19.2. The van der Waals surface area contributed by atoms with Crippen LogP contribution in [-0.2, 0) is 11.3 Å². The molecule has 1 aliphatic heterocycles. The normalized spacial score (nSPS) is 14.8. The van der Waals surface area contributed by atoms with Gasteiger partial charge in [-0.05, 0) is 31.4 Å². The van der Waals surface area contributed by atoms with Gasteiger partial charge in [0.25, 0.3) is 0 Å². The highest BCUT2D eigenvalue weighted by atomic mass is 16.1. The van der Waals surface area contributed by atoms with Gasteiger partial charge < -0.3 is 15.5 Å². The van der Waals surface area contributed by atoms with E-state index in [9.17, 15) is 4.79 Å². The summed E-state index contributed by atoms with van der Waals surface area (Å²) in [5, 5.41) is 7.43. The van der Waals surface area contributed by atoms with Crippen LogP contribution in [0.15, 0.2) is 54.6 Å². The van der Waals surface area contributed by atoms with Crippen molar-refractivity contribution < 1.29 is 4.79 Å². The maximum atomic E-state index is 12.0. The van der Waals surface area contributed by atoms with Crippen LogP contribution >= 0.6 is 0 Å². The molecule has 5 nitrogen and oxygen atoms in total. The Morgan fingerprint density at radius 1 is 1.10 bits per heavy atom. The van der Waals surface area contributed by atoms with Gasteiger partial charge in [-0.2, -0.15) is 0 Å². The molecule has 3 aromatic rings. The van der Waals surface area contributed by atoms with Gasteiger partial charge in [0.05, 0.1) is 5.52 Å². The van der Waals surface area contributed by atoms with Crippen molar-refractivity contribution in [2.45, 2.75) is 26.3 Å². The lowest BCUT2D eigenvalue weighted by molar-refractivity contribution is -0.125. The van der Waals surface area contributed by atoms with Crippen LogP contribution in [0.1, 0.15) is 24.0 Å². The van der Waals surface area contributed by atoms with Crippen molar-refractivity contribution >= 4 is 28.3 Å². The number of nitrogens with zero attached hydrogens (tertiary/aromatic N) is 2. The molecule has 1 aliphatic rings. The average molecular weight is 389 g/mol. The molecule has 0 radical (unpaired) electrons. The molecular formula is C24H28N4O. The first-order valence-electron chi connectivity index (χ1n) is 10.3. The number of benzene rings is 2. The first-order valence-corrected chi connectivity index (χ1v) is 10.3. The van der Waals surface area contributed by atoms with Gasteiger partial charge in [-0.1, -0.05) is 48.0 Å². The van der Waals surface area contributed by atoms with Crippen molar-refractivity contribution in [2.75, 3.05) is 30.4 Å². The van der Waals surface area contributed by atoms with Crippen LogP contribution < -0.4 is 15.5 Å². The number of carbonyl (C=O) groups excluding carboxylic acids is 1. The van der Waals surface area contributed by atoms with Crippen molar-refractivity contribution in [1.82, 2.24) is 10.3 Å². The van der Waals surface area contributed by atoms with Gasteiger partial charge in [0, 0.05) is 49.7 Å². The van der Waals surface area contributed by atoms with Gasteiger partial charge in [0.15, 0.2) is 0 Å². The lowest BCUT2D eigenvalue weighted by Gasteiger charge is -2.33. The van der Waals surface area contributed by atoms with Crippen molar-refractivity contribution in [3.8, 4) is 0 Å². The monoisotopic (exact) mass is 388 g/mol. The van der Waals surface area contributed by atoms with E-state index in [4.69, 9.17) is 4.98 Å². The third kappa shape index (κ3) is 4.34. The number of anilines is 2. The van der Waals surface area contributed by atoms with E-state index in [1.807, 2.05) is 6.07 Å². The number of hydrogen-bond donors (Lipinski definition) is 2. The van der Waals surface area contributed by atoms with E-state index in [1.165, 1.54) is 16.8 Å². The molecule has 0 spiro atoms. The van der Waals surface area contributed by atoms with Crippen molar-refractivity contribution in [2.24, 2.45) is 5.92 Å². The molecule has 2 N–H and O–H groups in total. The largest absolute Gasteiger partial charge is 0.371 e. The van der Waals surface area contributed by atoms with E-state index in [0.29, 0.717) is 0 Å². The lowest BCUT2D eigenvalue weighted by atomic mass is 9.95. The summed E-state index contributed by atoms with van der Waals surface area (Å²) in [7, 11) is 1.72. The highest BCUT2D eigenvalue weighted by Crippen LogP contribution is 2.32. The molecule has 2 heterocycles. The summed E-state index contributed by atoms with van der Waals surface area (Å²) in [5.74, 6) is 1.15. The minimum Gasteiger partial charge on any atom is -0.371 e. The first-order chi connectivity index (χ1) is 14.1. The Hall–Kier alpha value is -3.08. The third-order valence-electron chi connectivity index (χ3n) is 5.74. The van der Waals surface area contributed by atoms with Gasteiger partial charge in [-0.25, -0.2) is 4.98 Å².